The van der Waals surface area contributed by atoms with Crippen molar-refractivity contribution in [2.45, 2.75) is 26.4 Å². The molecule has 0 saturated carbocycles. The Morgan fingerprint density at radius 3 is 2.18 bits per heavy atom. The number of aliphatic imine (C=N–C) groups is 2. The standard InChI is InChI=1S/C14H20F3N5/c1-3-9-22(4-2)13(19)21-12(18)20-11-7-5-10(6-8-11)14(15,16)17/h5-8H,3-4,9H2,1-2H3,(H4,18,19,20,21). The van der Waals surface area contributed by atoms with Gasteiger partial charge in [-0.25, -0.2) is 4.99 Å². The summed E-state index contributed by atoms with van der Waals surface area (Å²) in [5, 5.41) is 0. The predicted octanol–water partition coefficient (Wildman–Crippen LogP) is 2.70. The van der Waals surface area contributed by atoms with Gasteiger partial charge in [-0.15, -0.1) is 0 Å². The van der Waals surface area contributed by atoms with Crippen molar-refractivity contribution in [3.05, 3.63) is 29.8 Å². The van der Waals surface area contributed by atoms with Crippen LogP contribution in [0.5, 0.6) is 0 Å². The number of guanidine groups is 2. The lowest BCUT2D eigenvalue weighted by Crippen LogP contribution is -2.39. The maximum atomic E-state index is 12.5. The van der Waals surface area contributed by atoms with E-state index < -0.39 is 11.7 Å². The molecule has 1 aromatic rings. The van der Waals surface area contributed by atoms with Gasteiger partial charge in [0.25, 0.3) is 0 Å². The van der Waals surface area contributed by atoms with Gasteiger partial charge in [0, 0.05) is 13.1 Å². The van der Waals surface area contributed by atoms with Gasteiger partial charge < -0.3 is 16.4 Å². The van der Waals surface area contributed by atoms with Crippen LogP contribution < -0.4 is 11.5 Å². The van der Waals surface area contributed by atoms with Gasteiger partial charge >= 0.3 is 6.18 Å². The third kappa shape index (κ3) is 5.27. The summed E-state index contributed by atoms with van der Waals surface area (Å²) in [5.74, 6) is 0.129. The van der Waals surface area contributed by atoms with Gasteiger partial charge in [-0.2, -0.15) is 18.2 Å². The minimum atomic E-state index is -4.38. The first-order chi connectivity index (χ1) is 10.3. The van der Waals surface area contributed by atoms with E-state index in [1.165, 1.54) is 12.1 Å². The molecule has 0 aliphatic heterocycles. The molecule has 0 aliphatic carbocycles. The molecule has 0 amide bonds. The quantitative estimate of drug-likeness (QED) is 0.662. The largest absolute Gasteiger partial charge is 0.416 e. The molecule has 4 N–H and O–H groups in total. The number of halogens is 3. The van der Waals surface area contributed by atoms with Crippen LogP contribution in [-0.2, 0) is 6.18 Å². The predicted molar refractivity (Wildman–Crippen MR) is 81.9 cm³/mol. The summed E-state index contributed by atoms with van der Waals surface area (Å²) in [6.45, 7) is 5.35. The summed E-state index contributed by atoms with van der Waals surface area (Å²) in [7, 11) is 0. The molecule has 0 aromatic heterocycles. The van der Waals surface area contributed by atoms with Crippen molar-refractivity contribution in [2.24, 2.45) is 21.5 Å². The summed E-state index contributed by atoms with van der Waals surface area (Å²) < 4.78 is 37.4. The van der Waals surface area contributed by atoms with E-state index in [9.17, 15) is 13.2 Å². The number of nitrogens with zero attached hydrogens (tertiary/aromatic N) is 3. The zero-order valence-corrected chi connectivity index (χ0v) is 12.6. The van der Waals surface area contributed by atoms with E-state index in [4.69, 9.17) is 11.5 Å². The van der Waals surface area contributed by atoms with Crippen LogP contribution in [0.25, 0.3) is 0 Å². The highest BCUT2D eigenvalue weighted by Crippen LogP contribution is 2.30. The van der Waals surface area contributed by atoms with E-state index in [1.54, 1.807) is 0 Å². The number of hydrogen-bond acceptors (Lipinski definition) is 1. The SMILES string of the molecule is CCCN(CC)C(N)=NC(N)=Nc1ccc(C(F)(F)F)cc1. The van der Waals surface area contributed by atoms with Gasteiger partial charge in [0.05, 0.1) is 11.3 Å². The van der Waals surface area contributed by atoms with Crippen LogP contribution in [0.1, 0.15) is 25.8 Å². The lowest BCUT2D eigenvalue weighted by molar-refractivity contribution is -0.137. The molecule has 0 radical (unpaired) electrons. The lowest BCUT2D eigenvalue weighted by Gasteiger charge is -2.20. The lowest BCUT2D eigenvalue weighted by atomic mass is 10.2. The Morgan fingerprint density at radius 2 is 1.73 bits per heavy atom. The van der Waals surface area contributed by atoms with Gasteiger partial charge in [0.15, 0.2) is 5.96 Å². The minimum Gasteiger partial charge on any atom is -0.369 e. The molecule has 8 heteroatoms. The maximum absolute atomic E-state index is 12.5. The fourth-order valence-electron chi connectivity index (χ4n) is 1.77. The molecule has 0 aliphatic rings. The van der Waals surface area contributed by atoms with E-state index in [-0.39, 0.29) is 17.6 Å². The normalized spacial score (nSPS) is 13.3. The average molecular weight is 315 g/mol. The molecule has 5 nitrogen and oxygen atoms in total. The van der Waals surface area contributed by atoms with E-state index >= 15 is 0 Å². The highest BCUT2D eigenvalue weighted by atomic mass is 19.4. The van der Waals surface area contributed by atoms with Crippen LogP contribution in [0.2, 0.25) is 0 Å². The highest BCUT2D eigenvalue weighted by Gasteiger charge is 2.29. The first-order valence-corrected chi connectivity index (χ1v) is 6.88. The average Bonchev–Trinajstić information content (AvgIpc) is 2.44. The third-order valence-corrected chi connectivity index (χ3v) is 2.87. The Morgan fingerprint density at radius 1 is 1.14 bits per heavy atom. The summed E-state index contributed by atoms with van der Waals surface area (Å²) in [4.78, 5) is 9.72. The Bertz CT molecular complexity index is 534. The van der Waals surface area contributed by atoms with Gasteiger partial charge in [-0.3, -0.25) is 0 Å². The zero-order valence-electron chi connectivity index (χ0n) is 12.6. The van der Waals surface area contributed by atoms with Crippen LogP contribution >= 0.6 is 0 Å². The Kier molecular flexibility index (Phi) is 6.21. The Hall–Kier alpha value is -2.25. The molecular formula is C14H20F3N5. The van der Waals surface area contributed by atoms with E-state index in [0.29, 0.717) is 6.54 Å². The van der Waals surface area contributed by atoms with Crippen molar-refractivity contribution >= 4 is 17.6 Å². The van der Waals surface area contributed by atoms with Crippen molar-refractivity contribution in [1.29, 1.82) is 0 Å². The van der Waals surface area contributed by atoms with Crippen LogP contribution in [0.3, 0.4) is 0 Å². The molecule has 0 spiro atoms. The first kappa shape index (κ1) is 17.8. The molecule has 0 unspecified atom stereocenters. The molecule has 0 heterocycles. The summed E-state index contributed by atoms with van der Waals surface area (Å²) in [6, 6.07) is 4.33. The van der Waals surface area contributed by atoms with Gasteiger partial charge in [0.2, 0.25) is 5.96 Å². The fraction of sp³-hybridized carbons (Fsp3) is 0.429. The second-order valence-electron chi connectivity index (χ2n) is 4.56. The molecule has 0 fully saturated rings. The summed E-state index contributed by atoms with van der Waals surface area (Å²) >= 11 is 0. The molecule has 0 atom stereocenters. The number of benzene rings is 1. The smallest absolute Gasteiger partial charge is 0.369 e. The first-order valence-electron chi connectivity index (χ1n) is 6.88. The number of rotatable bonds is 4. The Balaban J connectivity index is 2.88. The monoisotopic (exact) mass is 315 g/mol. The molecule has 1 rings (SSSR count). The van der Waals surface area contributed by atoms with Crippen molar-refractivity contribution in [2.75, 3.05) is 13.1 Å². The van der Waals surface area contributed by atoms with Crippen LogP contribution in [0, 0.1) is 0 Å². The van der Waals surface area contributed by atoms with Crippen LogP contribution in [0.4, 0.5) is 18.9 Å². The fourth-order valence-corrected chi connectivity index (χ4v) is 1.77. The van der Waals surface area contributed by atoms with Crippen molar-refractivity contribution in [1.82, 2.24) is 4.90 Å². The van der Waals surface area contributed by atoms with E-state index in [2.05, 4.69) is 9.98 Å². The van der Waals surface area contributed by atoms with Crippen molar-refractivity contribution in [3.8, 4) is 0 Å². The zero-order chi connectivity index (χ0) is 16.8. The molecule has 122 valence electrons. The molecule has 0 saturated heterocycles. The number of alkyl halides is 3. The third-order valence-electron chi connectivity index (χ3n) is 2.87. The minimum absolute atomic E-state index is 0.105. The highest BCUT2D eigenvalue weighted by molar-refractivity contribution is 5.94. The number of nitrogens with two attached hydrogens (primary N) is 2. The molecular weight excluding hydrogens is 295 g/mol. The summed E-state index contributed by atoms with van der Waals surface area (Å²) in [6.07, 6.45) is -3.47. The molecule has 0 bridgehead atoms. The summed E-state index contributed by atoms with van der Waals surface area (Å²) in [5.41, 5.74) is 11.0. The Labute approximate surface area is 127 Å². The van der Waals surface area contributed by atoms with Crippen LogP contribution in [0.15, 0.2) is 34.3 Å². The van der Waals surface area contributed by atoms with Gasteiger partial charge in [-0.05, 0) is 37.6 Å². The van der Waals surface area contributed by atoms with Crippen molar-refractivity contribution in [3.63, 3.8) is 0 Å². The molecule has 1 aromatic carbocycles. The molecule has 22 heavy (non-hydrogen) atoms. The second-order valence-corrected chi connectivity index (χ2v) is 4.56. The van der Waals surface area contributed by atoms with Crippen molar-refractivity contribution < 1.29 is 13.2 Å². The maximum Gasteiger partial charge on any atom is 0.416 e. The van der Waals surface area contributed by atoms with Gasteiger partial charge in [-0.1, -0.05) is 6.92 Å². The van der Waals surface area contributed by atoms with Gasteiger partial charge in [0.1, 0.15) is 0 Å². The van der Waals surface area contributed by atoms with Crippen LogP contribution in [-0.4, -0.2) is 29.9 Å². The van der Waals surface area contributed by atoms with E-state index in [1.807, 2.05) is 18.7 Å². The topological polar surface area (TPSA) is 80.0 Å². The number of hydrogen-bond donors (Lipinski definition) is 2. The second kappa shape index (κ2) is 7.67. The van der Waals surface area contributed by atoms with E-state index in [0.717, 1.165) is 25.1 Å².